The molecule has 0 N–H and O–H groups in total. The highest BCUT2D eigenvalue weighted by atomic mass is 35.5. The van der Waals surface area contributed by atoms with Gasteiger partial charge in [0.15, 0.2) is 0 Å². The van der Waals surface area contributed by atoms with Gasteiger partial charge in [-0.3, -0.25) is 4.99 Å². The Morgan fingerprint density at radius 1 is 1.24 bits per heavy atom. The lowest BCUT2D eigenvalue weighted by molar-refractivity contribution is 0.292. The number of allylic oxidation sites excluding steroid dienone is 1. The van der Waals surface area contributed by atoms with Crippen molar-refractivity contribution in [3.8, 4) is 5.88 Å². The molecule has 2 aromatic rings. The fourth-order valence-electron chi connectivity index (χ4n) is 3.34. The van der Waals surface area contributed by atoms with Gasteiger partial charge < -0.3 is 9.47 Å². The predicted octanol–water partition coefficient (Wildman–Crippen LogP) is 4.91. The maximum atomic E-state index is 6.02. The molecule has 152 valence electrons. The van der Waals surface area contributed by atoms with E-state index in [-0.39, 0.29) is 0 Å². The zero-order chi connectivity index (χ0) is 20.8. The van der Waals surface area contributed by atoms with Crippen molar-refractivity contribution in [1.29, 1.82) is 0 Å². The quantitative estimate of drug-likeness (QED) is 0.433. The van der Waals surface area contributed by atoms with Crippen LogP contribution in [0.4, 0.5) is 0 Å². The van der Waals surface area contributed by atoms with Crippen molar-refractivity contribution in [2.45, 2.75) is 31.6 Å². The Kier molecular flexibility index (Phi) is 6.99. The molecule has 2 atom stereocenters. The molecular formula is C22H25ClN4O2. The smallest absolute Gasteiger partial charge is 0.236 e. The Bertz CT molecular complexity index is 925. The lowest BCUT2D eigenvalue weighted by Crippen LogP contribution is -2.04. The monoisotopic (exact) mass is 412 g/mol. The van der Waals surface area contributed by atoms with E-state index in [4.69, 9.17) is 21.1 Å². The van der Waals surface area contributed by atoms with Crippen molar-refractivity contribution in [2.75, 3.05) is 20.8 Å². The number of hydrogen-bond acceptors (Lipinski definition) is 6. The second-order valence-electron chi connectivity index (χ2n) is 6.81. The summed E-state index contributed by atoms with van der Waals surface area (Å²) in [4.78, 5) is 8.39. The lowest BCUT2D eigenvalue weighted by Gasteiger charge is -2.11. The number of halogens is 1. The molecule has 7 heteroatoms. The van der Waals surface area contributed by atoms with E-state index in [1.54, 1.807) is 20.4 Å². The third kappa shape index (κ3) is 4.82. The van der Waals surface area contributed by atoms with E-state index in [1.165, 1.54) is 5.56 Å². The number of rotatable bonds is 9. The number of ether oxygens (including phenoxy) is 2. The second-order valence-corrected chi connectivity index (χ2v) is 7.25. The zero-order valence-electron chi connectivity index (χ0n) is 16.9. The molecule has 0 amide bonds. The molecule has 0 spiro atoms. The lowest BCUT2D eigenvalue weighted by atomic mass is 10.0. The minimum atomic E-state index is 0.303. The van der Waals surface area contributed by atoms with Crippen molar-refractivity contribution in [2.24, 2.45) is 9.98 Å². The number of aromatic nitrogens is 2. The summed E-state index contributed by atoms with van der Waals surface area (Å²) in [6.07, 6.45) is 3.68. The first kappa shape index (κ1) is 21.0. The molecule has 1 aromatic carbocycles. The Morgan fingerprint density at radius 3 is 2.62 bits per heavy atom. The summed E-state index contributed by atoms with van der Waals surface area (Å²) < 4.78 is 10.9. The van der Waals surface area contributed by atoms with Crippen LogP contribution in [0.1, 0.15) is 48.4 Å². The normalized spacial score (nSPS) is 19.0. The van der Waals surface area contributed by atoms with Crippen LogP contribution in [0.3, 0.4) is 0 Å². The van der Waals surface area contributed by atoms with Crippen LogP contribution in [0.5, 0.6) is 5.88 Å². The number of aliphatic imine (C=N–C) groups is 2. The molecule has 0 aliphatic heterocycles. The third-order valence-electron chi connectivity index (χ3n) is 4.89. The fourth-order valence-corrected chi connectivity index (χ4v) is 3.47. The van der Waals surface area contributed by atoms with Crippen LogP contribution in [0.25, 0.3) is 5.57 Å². The van der Waals surface area contributed by atoms with E-state index in [2.05, 4.69) is 46.0 Å². The van der Waals surface area contributed by atoms with Gasteiger partial charge in [-0.2, -0.15) is 0 Å². The van der Waals surface area contributed by atoms with Crippen LogP contribution in [-0.4, -0.2) is 43.9 Å². The van der Waals surface area contributed by atoms with Gasteiger partial charge in [-0.1, -0.05) is 30.7 Å². The average Bonchev–Trinajstić information content (AvgIpc) is 3.54. The summed E-state index contributed by atoms with van der Waals surface area (Å²) in [6.45, 7) is 6.36. The molecule has 1 fully saturated rings. The van der Waals surface area contributed by atoms with E-state index in [0.717, 1.165) is 23.4 Å². The molecule has 1 saturated carbocycles. The molecule has 0 saturated heterocycles. The third-order valence-corrected chi connectivity index (χ3v) is 5.14. The molecule has 1 heterocycles. The van der Waals surface area contributed by atoms with Crippen molar-refractivity contribution in [3.63, 3.8) is 0 Å². The van der Waals surface area contributed by atoms with Crippen LogP contribution in [0.2, 0.25) is 5.02 Å². The summed E-state index contributed by atoms with van der Waals surface area (Å²) in [7, 11) is 3.16. The number of hydrogen-bond donors (Lipinski definition) is 0. The van der Waals surface area contributed by atoms with Gasteiger partial charge in [0.25, 0.3) is 0 Å². The Hall–Kier alpha value is -2.73. The van der Waals surface area contributed by atoms with Crippen molar-refractivity contribution in [3.05, 3.63) is 58.1 Å². The van der Waals surface area contributed by atoms with Crippen LogP contribution in [0.15, 0.2) is 46.2 Å². The van der Waals surface area contributed by atoms with Crippen LogP contribution in [-0.2, 0) is 4.74 Å². The topological polar surface area (TPSA) is 69.0 Å². The first-order chi connectivity index (χ1) is 14.1. The SMILES string of the molecule is C=N/C(OC)=C(\C=NCCC)c1cc(C2CC2c2ccc(Cl)cc2)c(OC)nn1. The molecule has 1 aromatic heterocycles. The Morgan fingerprint density at radius 2 is 2.00 bits per heavy atom. The maximum Gasteiger partial charge on any atom is 0.236 e. The van der Waals surface area contributed by atoms with E-state index < -0.39 is 0 Å². The second kappa shape index (κ2) is 9.65. The predicted molar refractivity (Wildman–Crippen MR) is 117 cm³/mol. The number of methoxy groups -OCH3 is 2. The van der Waals surface area contributed by atoms with Crippen molar-refractivity contribution < 1.29 is 9.47 Å². The maximum absolute atomic E-state index is 6.02. The van der Waals surface area contributed by atoms with Gasteiger partial charge in [0, 0.05) is 23.3 Å². The van der Waals surface area contributed by atoms with E-state index in [9.17, 15) is 0 Å². The fraction of sp³-hybridized carbons (Fsp3) is 0.364. The zero-order valence-corrected chi connectivity index (χ0v) is 17.7. The van der Waals surface area contributed by atoms with Gasteiger partial charge in [-0.15, -0.1) is 10.2 Å². The Balaban J connectivity index is 1.97. The van der Waals surface area contributed by atoms with Crippen molar-refractivity contribution in [1.82, 2.24) is 10.2 Å². The van der Waals surface area contributed by atoms with E-state index >= 15 is 0 Å². The minimum Gasteiger partial charge on any atom is -0.480 e. The summed E-state index contributed by atoms with van der Waals surface area (Å²) in [6, 6.07) is 9.98. The van der Waals surface area contributed by atoms with Gasteiger partial charge in [-0.25, -0.2) is 4.99 Å². The first-order valence-corrected chi connectivity index (χ1v) is 9.92. The van der Waals surface area contributed by atoms with Crippen molar-refractivity contribution >= 4 is 30.1 Å². The van der Waals surface area contributed by atoms with E-state index in [1.807, 2.05) is 18.2 Å². The average molecular weight is 413 g/mol. The molecule has 1 aliphatic carbocycles. The molecule has 29 heavy (non-hydrogen) atoms. The highest BCUT2D eigenvalue weighted by molar-refractivity contribution is 6.30. The van der Waals surface area contributed by atoms with Gasteiger partial charge in [-0.05, 0) is 55.2 Å². The minimum absolute atomic E-state index is 0.303. The molecule has 3 rings (SSSR count). The van der Waals surface area contributed by atoms with Crippen LogP contribution in [0, 0.1) is 0 Å². The van der Waals surface area contributed by atoms with Gasteiger partial charge in [0.05, 0.1) is 19.8 Å². The summed E-state index contributed by atoms with van der Waals surface area (Å²) in [5, 5.41) is 9.35. The largest absolute Gasteiger partial charge is 0.480 e. The van der Waals surface area contributed by atoms with Crippen LogP contribution < -0.4 is 4.74 Å². The number of benzene rings is 1. The molecular weight excluding hydrogens is 388 g/mol. The first-order valence-electron chi connectivity index (χ1n) is 9.55. The summed E-state index contributed by atoms with van der Waals surface area (Å²) >= 11 is 6.02. The standard InChI is InChI=1S/C22H25ClN4O2/c1-5-10-25-13-19(21(24-2)28-3)20-12-18(22(29-4)27-26-20)17-11-16(17)14-6-8-15(23)9-7-14/h6-9,12-13,16-17H,2,5,10-11H2,1,3-4H3/b21-19-,25-13?. The molecule has 2 unspecified atom stereocenters. The molecule has 0 radical (unpaired) electrons. The molecule has 1 aliphatic rings. The molecule has 0 bridgehead atoms. The Labute approximate surface area is 176 Å². The van der Waals surface area contributed by atoms with Crippen LogP contribution >= 0.6 is 11.6 Å². The van der Waals surface area contributed by atoms with Gasteiger partial charge >= 0.3 is 0 Å². The molecule has 6 nitrogen and oxygen atoms in total. The highest BCUT2D eigenvalue weighted by Crippen LogP contribution is 2.56. The van der Waals surface area contributed by atoms with Gasteiger partial charge in [0.2, 0.25) is 11.8 Å². The summed E-state index contributed by atoms with van der Waals surface area (Å²) in [5.74, 6) is 1.60. The van der Waals surface area contributed by atoms with Gasteiger partial charge in [0.1, 0.15) is 5.69 Å². The highest BCUT2D eigenvalue weighted by Gasteiger charge is 2.42. The summed E-state index contributed by atoms with van der Waals surface area (Å²) in [5.41, 5.74) is 3.55. The van der Waals surface area contributed by atoms with E-state index in [0.29, 0.717) is 41.4 Å². The number of nitrogens with zero attached hydrogens (tertiary/aromatic N) is 4.